The molecule has 0 spiro atoms. The third-order valence-corrected chi connectivity index (χ3v) is 5.11. The lowest BCUT2D eigenvalue weighted by atomic mass is 9.84. The van der Waals surface area contributed by atoms with Crippen LogP contribution < -0.4 is 10.0 Å². The van der Waals surface area contributed by atoms with Crippen LogP contribution >= 0.6 is 0 Å². The maximum absolute atomic E-state index is 11.7. The lowest BCUT2D eigenvalue weighted by molar-refractivity contribution is 0.307. The predicted octanol–water partition coefficient (Wildman–Crippen LogP) is 0.848. The van der Waals surface area contributed by atoms with Crippen molar-refractivity contribution >= 4 is 10.0 Å². The molecule has 2 aliphatic rings. The quantitative estimate of drug-likeness (QED) is 0.730. The molecule has 1 aliphatic carbocycles. The molecule has 2 fully saturated rings. The Labute approximate surface area is 98.2 Å². The van der Waals surface area contributed by atoms with Crippen molar-refractivity contribution in [2.45, 2.75) is 44.6 Å². The van der Waals surface area contributed by atoms with E-state index in [1.54, 1.807) is 0 Å². The molecule has 94 valence electrons. The molecule has 5 heteroatoms. The fraction of sp³-hybridized carbons (Fsp3) is 1.00. The Morgan fingerprint density at radius 1 is 1.19 bits per heavy atom. The maximum Gasteiger partial charge on any atom is 0.211 e. The second-order valence-corrected chi connectivity index (χ2v) is 6.97. The number of rotatable bonds is 6. The molecular formula is C11H22N2O2S. The molecule has 1 saturated heterocycles. The molecule has 0 radical (unpaired) electrons. The number of hydrogen-bond donors (Lipinski definition) is 2. The molecule has 0 amide bonds. The smallest absolute Gasteiger partial charge is 0.211 e. The van der Waals surface area contributed by atoms with Gasteiger partial charge < -0.3 is 5.32 Å². The first kappa shape index (κ1) is 12.3. The van der Waals surface area contributed by atoms with Crippen molar-refractivity contribution in [3.8, 4) is 0 Å². The summed E-state index contributed by atoms with van der Waals surface area (Å²) in [6.07, 6.45) is 6.82. The van der Waals surface area contributed by atoms with Crippen molar-refractivity contribution in [3.63, 3.8) is 0 Å². The van der Waals surface area contributed by atoms with Crippen LogP contribution in [0.15, 0.2) is 0 Å². The van der Waals surface area contributed by atoms with Gasteiger partial charge in [0.1, 0.15) is 0 Å². The normalized spacial score (nSPS) is 26.9. The fourth-order valence-corrected chi connectivity index (χ4v) is 3.58. The van der Waals surface area contributed by atoms with Gasteiger partial charge in [-0.25, -0.2) is 13.1 Å². The summed E-state index contributed by atoms with van der Waals surface area (Å²) in [7, 11) is -3.03. The monoisotopic (exact) mass is 246 g/mol. The van der Waals surface area contributed by atoms with Gasteiger partial charge >= 0.3 is 0 Å². The van der Waals surface area contributed by atoms with Gasteiger partial charge in [0.25, 0.3) is 0 Å². The van der Waals surface area contributed by atoms with Crippen LogP contribution in [-0.2, 0) is 10.0 Å². The van der Waals surface area contributed by atoms with E-state index in [1.165, 1.54) is 19.3 Å². The molecule has 1 saturated carbocycles. The van der Waals surface area contributed by atoms with Gasteiger partial charge in [-0.15, -0.1) is 0 Å². The Kier molecular flexibility index (Phi) is 4.21. The Balaban J connectivity index is 1.65. The Bertz CT molecular complexity index is 306. The molecule has 2 N–H and O–H groups in total. The lowest BCUT2D eigenvalue weighted by Gasteiger charge is -2.25. The van der Waals surface area contributed by atoms with Crippen molar-refractivity contribution in [1.82, 2.24) is 10.0 Å². The van der Waals surface area contributed by atoms with E-state index in [0.717, 1.165) is 25.8 Å². The highest BCUT2D eigenvalue weighted by molar-refractivity contribution is 7.89. The summed E-state index contributed by atoms with van der Waals surface area (Å²) in [5.74, 6) is 0.978. The third-order valence-electron chi connectivity index (χ3n) is 3.73. The zero-order valence-corrected chi connectivity index (χ0v) is 10.6. The van der Waals surface area contributed by atoms with E-state index >= 15 is 0 Å². The highest BCUT2D eigenvalue weighted by Gasteiger charge is 2.22. The minimum atomic E-state index is -3.03. The van der Waals surface area contributed by atoms with Gasteiger partial charge in [0, 0.05) is 12.6 Å². The summed E-state index contributed by atoms with van der Waals surface area (Å²) in [6, 6.07) is 0.346. The van der Waals surface area contributed by atoms with E-state index in [1.807, 2.05) is 0 Å². The summed E-state index contributed by atoms with van der Waals surface area (Å²) >= 11 is 0. The molecule has 0 bridgehead atoms. The van der Waals surface area contributed by atoms with E-state index in [-0.39, 0.29) is 0 Å². The molecule has 1 atom stereocenters. The summed E-state index contributed by atoms with van der Waals surface area (Å²) in [5.41, 5.74) is 0. The van der Waals surface area contributed by atoms with E-state index in [0.29, 0.717) is 24.3 Å². The summed E-state index contributed by atoms with van der Waals surface area (Å²) < 4.78 is 26.1. The van der Waals surface area contributed by atoms with Crippen LogP contribution in [-0.4, -0.2) is 33.3 Å². The lowest BCUT2D eigenvalue weighted by Crippen LogP contribution is -2.38. The molecule has 0 aromatic carbocycles. The SMILES string of the molecule is O=S(=O)(CCC1CCC1)NCC1CCCN1. The van der Waals surface area contributed by atoms with Crippen LogP contribution in [0.3, 0.4) is 0 Å². The van der Waals surface area contributed by atoms with Gasteiger partial charge in [-0.05, 0) is 31.7 Å². The van der Waals surface area contributed by atoms with Gasteiger partial charge in [-0.2, -0.15) is 0 Å². The fourth-order valence-electron chi connectivity index (χ4n) is 2.33. The van der Waals surface area contributed by atoms with Crippen LogP contribution in [0.4, 0.5) is 0 Å². The van der Waals surface area contributed by atoms with Crippen molar-refractivity contribution < 1.29 is 8.42 Å². The van der Waals surface area contributed by atoms with Crippen LogP contribution in [0.1, 0.15) is 38.5 Å². The Morgan fingerprint density at radius 3 is 2.56 bits per heavy atom. The number of nitrogens with one attached hydrogen (secondary N) is 2. The summed E-state index contributed by atoms with van der Waals surface area (Å²) in [4.78, 5) is 0. The number of sulfonamides is 1. The highest BCUT2D eigenvalue weighted by Crippen LogP contribution is 2.29. The van der Waals surface area contributed by atoms with E-state index < -0.39 is 10.0 Å². The molecule has 0 aromatic rings. The topological polar surface area (TPSA) is 58.2 Å². The number of hydrogen-bond acceptors (Lipinski definition) is 3. The highest BCUT2D eigenvalue weighted by atomic mass is 32.2. The van der Waals surface area contributed by atoms with Gasteiger partial charge in [-0.1, -0.05) is 19.3 Å². The zero-order chi connectivity index (χ0) is 11.4. The van der Waals surface area contributed by atoms with Gasteiger partial charge in [0.15, 0.2) is 0 Å². The van der Waals surface area contributed by atoms with Crippen LogP contribution in [0.2, 0.25) is 0 Å². The first-order chi connectivity index (χ1) is 7.66. The standard InChI is InChI=1S/C11H22N2O2S/c14-16(15,8-6-10-3-1-4-10)13-9-11-5-2-7-12-11/h10-13H,1-9H2. The molecule has 0 aromatic heterocycles. The van der Waals surface area contributed by atoms with Crippen molar-refractivity contribution in [1.29, 1.82) is 0 Å². The van der Waals surface area contributed by atoms with Gasteiger partial charge in [0.05, 0.1) is 5.75 Å². The van der Waals surface area contributed by atoms with Crippen molar-refractivity contribution in [2.24, 2.45) is 5.92 Å². The summed E-state index contributed by atoms with van der Waals surface area (Å²) in [6.45, 7) is 1.58. The van der Waals surface area contributed by atoms with Gasteiger partial charge in [0.2, 0.25) is 10.0 Å². The molecule has 1 heterocycles. The largest absolute Gasteiger partial charge is 0.313 e. The summed E-state index contributed by atoms with van der Waals surface area (Å²) in [5, 5.41) is 3.29. The van der Waals surface area contributed by atoms with Crippen molar-refractivity contribution in [2.75, 3.05) is 18.8 Å². The Morgan fingerprint density at radius 2 is 2.00 bits per heavy atom. The van der Waals surface area contributed by atoms with Gasteiger partial charge in [-0.3, -0.25) is 0 Å². The molecule has 16 heavy (non-hydrogen) atoms. The Hall–Kier alpha value is -0.130. The molecule has 4 nitrogen and oxygen atoms in total. The third kappa shape index (κ3) is 3.71. The second-order valence-electron chi connectivity index (χ2n) is 5.05. The first-order valence-corrected chi connectivity index (χ1v) is 8.02. The van der Waals surface area contributed by atoms with Crippen molar-refractivity contribution in [3.05, 3.63) is 0 Å². The maximum atomic E-state index is 11.7. The zero-order valence-electron chi connectivity index (χ0n) is 9.74. The molecule has 1 aliphatic heterocycles. The van der Waals surface area contributed by atoms with Crippen LogP contribution in [0.5, 0.6) is 0 Å². The predicted molar refractivity (Wildman–Crippen MR) is 64.8 cm³/mol. The van der Waals surface area contributed by atoms with Crippen LogP contribution in [0, 0.1) is 5.92 Å². The minimum absolute atomic E-state index is 0.310. The second kappa shape index (κ2) is 5.47. The first-order valence-electron chi connectivity index (χ1n) is 6.36. The average molecular weight is 246 g/mol. The average Bonchev–Trinajstić information content (AvgIpc) is 2.64. The minimum Gasteiger partial charge on any atom is -0.313 e. The van der Waals surface area contributed by atoms with E-state index in [4.69, 9.17) is 0 Å². The molecular weight excluding hydrogens is 224 g/mol. The molecule has 2 rings (SSSR count). The molecule has 1 unspecified atom stereocenters. The van der Waals surface area contributed by atoms with E-state index in [2.05, 4.69) is 10.0 Å². The van der Waals surface area contributed by atoms with E-state index in [9.17, 15) is 8.42 Å². The van der Waals surface area contributed by atoms with Crippen LogP contribution in [0.25, 0.3) is 0 Å².